The number of anilines is 1. The summed E-state index contributed by atoms with van der Waals surface area (Å²) in [6, 6.07) is 8.12. The Morgan fingerprint density at radius 1 is 1.10 bits per heavy atom. The third-order valence-corrected chi connectivity index (χ3v) is 6.28. The fourth-order valence-corrected chi connectivity index (χ4v) is 4.77. The zero-order valence-electron chi connectivity index (χ0n) is 17.0. The molecular formula is C22H25F3N2O2S. The molecule has 1 aromatic carbocycles. The summed E-state index contributed by atoms with van der Waals surface area (Å²) >= 11 is 1.22. The molecule has 1 heterocycles. The molecule has 0 saturated heterocycles. The van der Waals surface area contributed by atoms with Gasteiger partial charge in [-0.05, 0) is 56.5 Å². The molecule has 2 amide bonds. The van der Waals surface area contributed by atoms with Gasteiger partial charge in [-0.2, -0.15) is 13.2 Å². The van der Waals surface area contributed by atoms with Crippen LogP contribution in [0.4, 0.5) is 18.9 Å². The van der Waals surface area contributed by atoms with E-state index in [2.05, 4.69) is 5.32 Å². The molecule has 0 radical (unpaired) electrons. The number of hydrogen-bond acceptors (Lipinski definition) is 3. The lowest BCUT2D eigenvalue weighted by Crippen LogP contribution is -2.50. The van der Waals surface area contributed by atoms with Crippen LogP contribution >= 0.6 is 11.3 Å². The predicted molar refractivity (Wildman–Crippen MR) is 112 cm³/mol. The second kappa shape index (κ2) is 9.20. The summed E-state index contributed by atoms with van der Waals surface area (Å²) in [5.74, 6) is -2.63. The third kappa shape index (κ3) is 5.22. The fourth-order valence-electron chi connectivity index (χ4n) is 3.80. The van der Waals surface area contributed by atoms with Gasteiger partial charge in [0.1, 0.15) is 0 Å². The number of carbonyl (C=O) groups excluding carboxylic acids is 2. The fraction of sp³-hybridized carbons (Fsp3) is 0.455. The van der Waals surface area contributed by atoms with Gasteiger partial charge >= 0.3 is 12.1 Å². The molecule has 0 bridgehead atoms. The van der Waals surface area contributed by atoms with E-state index in [1.54, 1.807) is 31.2 Å². The predicted octanol–water partition coefficient (Wildman–Crippen LogP) is 5.45. The summed E-state index contributed by atoms with van der Waals surface area (Å²) in [5.41, 5.74) is 0.744. The van der Waals surface area contributed by atoms with Crippen LogP contribution in [0.15, 0.2) is 36.4 Å². The van der Waals surface area contributed by atoms with Crippen molar-refractivity contribution in [1.82, 2.24) is 5.32 Å². The molecule has 0 spiro atoms. The summed E-state index contributed by atoms with van der Waals surface area (Å²) in [6.45, 7) is 3.54. The minimum absolute atomic E-state index is 0.0483. The molecule has 1 unspecified atom stereocenters. The highest BCUT2D eigenvalue weighted by atomic mass is 32.1. The minimum atomic E-state index is -5.11. The van der Waals surface area contributed by atoms with E-state index in [0.717, 1.165) is 37.0 Å². The Labute approximate surface area is 178 Å². The van der Waals surface area contributed by atoms with Crippen molar-refractivity contribution >= 4 is 28.8 Å². The van der Waals surface area contributed by atoms with Gasteiger partial charge < -0.3 is 5.32 Å². The monoisotopic (exact) mass is 438 g/mol. The van der Waals surface area contributed by atoms with Crippen LogP contribution in [0, 0.1) is 13.8 Å². The Morgan fingerprint density at radius 2 is 1.80 bits per heavy atom. The first-order valence-electron chi connectivity index (χ1n) is 10.0. The van der Waals surface area contributed by atoms with Crippen LogP contribution in [-0.2, 0) is 9.59 Å². The van der Waals surface area contributed by atoms with Gasteiger partial charge in [-0.3, -0.25) is 14.5 Å². The standard InChI is InChI=1S/C22H25F3N2O2S/c1-14-7-6-10-17(13-14)27(21(29)22(23,24)25)19(18-12-11-15(2)30-18)20(28)26-16-8-4-3-5-9-16/h6-7,10-13,16,19H,3-5,8-9H2,1-2H3,(H,26,28). The number of aryl methyl sites for hydroxylation is 2. The zero-order valence-corrected chi connectivity index (χ0v) is 17.8. The van der Waals surface area contributed by atoms with Crippen LogP contribution < -0.4 is 10.2 Å². The number of thiophene rings is 1. The van der Waals surface area contributed by atoms with E-state index in [-0.39, 0.29) is 11.7 Å². The zero-order chi connectivity index (χ0) is 21.9. The summed E-state index contributed by atoms with van der Waals surface area (Å²) < 4.78 is 40.7. The first-order valence-corrected chi connectivity index (χ1v) is 10.8. The average molecular weight is 439 g/mol. The number of benzene rings is 1. The minimum Gasteiger partial charge on any atom is -0.351 e. The largest absolute Gasteiger partial charge is 0.471 e. The van der Waals surface area contributed by atoms with Gasteiger partial charge in [0.05, 0.1) is 0 Å². The van der Waals surface area contributed by atoms with Gasteiger partial charge in [0.2, 0.25) is 5.91 Å². The van der Waals surface area contributed by atoms with Crippen molar-refractivity contribution in [3.63, 3.8) is 0 Å². The second-order valence-corrected chi connectivity index (χ2v) is 9.03. The molecule has 1 atom stereocenters. The van der Waals surface area contributed by atoms with Gasteiger partial charge in [-0.15, -0.1) is 11.3 Å². The number of halogens is 3. The number of rotatable bonds is 5. The van der Waals surface area contributed by atoms with Crippen molar-refractivity contribution in [2.45, 2.75) is 64.2 Å². The van der Waals surface area contributed by atoms with Crippen molar-refractivity contribution in [2.24, 2.45) is 0 Å². The topological polar surface area (TPSA) is 49.4 Å². The molecule has 162 valence electrons. The van der Waals surface area contributed by atoms with E-state index in [4.69, 9.17) is 0 Å². The van der Waals surface area contributed by atoms with Gasteiger partial charge in [0.25, 0.3) is 0 Å². The Hall–Kier alpha value is -2.35. The molecule has 3 rings (SSSR count). The van der Waals surface area contributed by atoms with Crippen LogP contribution in [0.1, 0.15) is 53.5 Å². The van der Waals surface area contributed by atoms with Gasteiger partial charge in [-0.25, -0.2) is 0 Å². The smallest absolute Gasteiger partial charge is 0.351 e. The summed E-state index contributed by atoms with van der Waals surface area (Å²) in [4.78, 5) is 27.7. The molecule has 2 aromatic rings. The molecular weight excluding hydrogens is 413 g/mol. The Balaban J connectivity index is 2.06. The van der Waals surface area contributed by atoms with E-state index in [0.29, 0.717) is 15.3 Å². The van der Waals surface area contributed by atoms with E-state index in [1.165, 1.54) is 23.5 Å². The third-order valence-electron chi connectivity index (χ3n) is 5.23. The molecule has 1 N–H and O–H groups in total. The number of nitrogens with one attached hydrogen (secondary N) is 1. The van der Waals surface area contributed by atoms with E-state index < -0.39 is 24.0 Å². The molecule has 4 nitrogen and oxygen atoms in total. The maximum absolute atomic E-state index is 13.6. The van der Waals surface area contributed by atoms with Crippen LogP contribution in [0.5, 0.6) is 0 Å². The van der Waals surface area contributed by atoms with Gasteiger partial charge in [0.15, 0.2) is 6.04 Å². The van der Waals surface area contributed by atoms with Crippen molar-refractivity contribution < 1.29 is 22.8 Å². The number of nitrogens with zero attached hydrogens (tertiary/aromatic N) is 1. The van der Waals surface area contributed by atoms with Crippen molar-refractivity contribution in [3.8, 4) is 0 Å². The second-order valence-electron chi connectivity index (χ2n) is 7.71. The van der Waals surface area contributed by atoms with Crippen LogP contribution in [0.3, 0.4) is 0 Å². The highest BCUT2D eigenvalue weighted by Gasteiger charge is 2.48. The molecule has 30 heavy (non-hydrogen) atoms. The van der Waals surface area contributed by atoms with Crippen molar-refractivity contribution in [2.75, 3.05) is 4.90 Å². The van der Waals surface area contributed by atoms with E-state index in [1.807, 2.05) is 6.92 Å². The Morgan fingerprint density at radius 3 is 2.37 bits per heavy atom. The maximum Gasteiger partial charge on any atom is 0.471 e. The van der Waals surface area contributed by atoms with Crippen LogP contribution in [0.25, 0.3) is 0 Å². The molecule has 1 aliphatic rings. The first-order chi connectivity index (χ1) is 14.2. The quantitative estimate of drug-likeness (QED) is 0.675. The molecule has 1 saturated carbocycles. The molecule has 8 heteroatoms. The highest BCUT2D eigenvalue weighted by Crippen LogP contribution is 2.36. The summed E-state index contributed by atoms with van der Waals surface area (Å²) in [7, 11) is 0. The number of hydrogen-bond donors (Lipinski definition) is 1. The van der Waals surface area contributed by atoms with Crippen LogP contribution in [-0.4, -0.2) is 24.0 Å². The van der Waals surface area contributed by atoms with Crippen molar-refractivity contribution in [1.29, 1.82) is 0 Å². The molecule has 1 aliphatic carbocycles. The van der Waals surface area contributed by atoms with Crippen molar-refractivity contribution in [3.05, 3.63) is 51.7 Å². The number of alkyl halides is 3. The lowest BCUT2D eigenvalue weighted by molar-refractivity contribution is -0.171. The summed E-state index contributed by atoms with van der Waals surface area (Å²) in [6.07, 6.45) is -0.506. The lowest BCUT2D eigenvalue weighted by atomic mass is 9.95. The van der Waals surface area contributed by atoms with Gasteiger partial charge in [0, 0.05) is 21.5 Å². The molecule has 1 aromatic heterocycles. The van der Waals surface area contributed by atoms with Crippen LogP contribution in [0.2, 0.25) is 0 Å². The Bertz CT molecular complexity index is 904. The van der Waals surface area contributed by atoms with Gasteiger partial charge in [-0.1, -0.05) is 31.4 Å². The molecule has 0 aliphatic heterocycles. The maximum atomic E-state index is 13.6. The summed E-state index contributed by atoms with van der Waals surface area (Å²) in [5, 5.41) is 2.90. The molecule has 1 fully saturated rings. The number of amides is 2. The normalized spacial score (nSPS) is 16.2. The van der Waals surface area contributed by atoms with E-state index in [9.17, 15) is 22.8 Å². The first kappa shape index (κ1) is 22.3. The SMILES string of the molecule is Cc1cccc(N(C(=O)C(F)(F)F)C(C(=O)NC2CCCCC2)c2ccc(C)s2)c1. The number of carbonyl (C=O) groups is 2. The van der Waals surface area contributed by atoms with E-state index >= 15 is 0 Å². The highest BCUT2D eigenvalue weighted by molar-refractivity contribution is 7.12. The lowest BCUT2D eigenvalue weighted by Gasteiger charge is -2.33. The Kier molecular flexibility index (Phi) is 6.85. The average Bonchev–Trinajstić information content (AvgIpc) is 3.11.